The Bertz CT molecular complexity index is 267. The fourth-order valence-electron chi connectivity index (χ4n) is 3.03. The monoisotopic (exact) mass is 476 g/mol. The molecule has 0 radical (unpaired) electrons. The molecular weight excluding hydrogens is 451 g/mol. The van der Waals surface area contributed by atoms with E-state index in [2.05, 4.69) is 0 Å². The molecule has 2 rings (SSSR count). The van der Waals surface area contributed by atoms with E-state index in [1.807, 2.05) is 0 Å². The van der Waals surface area contributed by atoms with Crippen LogP contribution >= 0.6 is 0 Å². The average Bonchev–Trinajstić information content (AvgIpc) is 2.84. The minimum absolute atomic E-state index is 0. The van der Waals surface area contributed by atoms with Crippen molar-refractivity contribution in [1.29, 1.82) is 0 Å². The van der Waals surface area contributed by atoms with Gasteiger partial charge >= 0.3 is 25.8 Å². The minimum Gasteiger partial charge on any atom is -1.00 e. The number of carboxylic acids is 2. The number of rotatable bonds is 2. The Balaban J connectivity index is 0. The van der Waals surface area contributed by atoms with Crippen LogP contribution in [-0.4, -0.2) is 37.8 Å². The third kappa shape index (κ3) is 10.9. The predicted octanol–water partition coefficient (Wildman–Crippen LogP) is -1.96. The second-order valence-electron chi connectivity index (χ2n) is 6.02. The van der Waals surface area contributed by atoms with Crippen molar-refractivity contribution in [3.8, 4) is 0 Å². The van der Waals surface area contributed by atoms with E-state index in [9.17, 15) is 19.8 Å². The van der Waals surface area contributed by atoms with Gasteiger partial charge in [0.15, 0.2) is 0 Å². The van der Waals surface area contributed by atoms with E-state index >= 15 is 0 Å². The van der Waals surface area contributed by atoms with Gasteiger partial charge in [0.25, 0.3) is 0 Å². The standard InChI is InChI=1S/2C8H14O2.BrH.In/c2*9-8(10)7-5-3-1-2-4-6-7;;/h2*7H,1-6H2,(H,9,10);1H;/q;;;+3/p-3. The minimum atomic E-state index is -0.845. The first-order valence-electron chi connectivity index (χ1n) is 8.03. The zero-order valence-corrected chi connectivity index (χ0v) is 18.1. The molecule has 0 aromatic carbocycles. The van der Waals surface area contributed by atoms with Gasteiger partial charge in [0.1, 0.15) is 0 Å². The Kier molecular flexibility index (Phi) is 16.6. The zero-order chi connectivity index (χ0) is 14.8. The first-order chi connectivity index (χ1) is 9.61. The van der Waals surface area contributed by atoms with Gasteiger partial charge < -0.3 is 36.8 Å². The molecule has 0 spiro atoms. The second-order valence-corrected chi connectivity index (χ2v) is 6.02. The van der Waals surface area contributed by atoms with Crippen LogP contribution in [0.4, 0.5) is 0 Å². The summed E-state index contributed by atoms with van der Waals surface area (Å²) in [5.41, 5.74) is 0. The summed E-state index contributed by atoms with van der Waals surface area (Å²) in [6, 6.07) is 0. The van der Waals surface area contributed by atoms with Crippen molar-refractivity contribution in [1.82, 2.24) is 0 Å². The molecule has 4 nitrogen and oxygen atoms in total. The third-order valence-electron chi connectivity index (χ3n) is 4.38. The van der Waals surface area contributed by atoms with Gasteiger partial charge in [0.2, 0.25) is 0 Å². The molecule has 0 heterocycles. The van der Waals surface area contributed by atoms with E-state index in [-0.39, 0.29) is 54.7 Å². The van der Waals surface area contributed by atoms with Gasteiger partial charge in [0.05, 0.1) is 0 Å². The van der Waals surface area contributed by atoms with Crippen molar-refractivity contribution in [3.05, 3.63) is 0 Å². The average molecular weight is 477 g/mol. The molecule has 2 aliphatic carbocycles. The second kappa shape index (κ2) is 14.9. The molecule has 124 valence electrons. The molecule has 0 saturated heterocycles. The molecule has 0 N–H and O–H groups in total. The summed E-state index contributed by atoms with van der Waals surface area (Å²) < 4.78 is 0. The molecule has 0 aliphatic heterocycles. The quantitative estimate of drug-likeness (QED) is 0.433. The summed E-state index contributed by atoms with van der Waals surface area (Å²) >= 11 is 0. The van der Waals surface area contributed by atoms with Crippen LogP contribution in [-0.2, 0) is 9.59 Å². The molecule has 6 heteroatoms. The maximum absolute atomic E-state index is 10.4. The first-order valence-corrected chi connectivity index (χ1v) is 8.03. The van der Waals surface area contributed by atoms with Crippen molar-refractivity contribution < 1.29 is 36.8 Å². The van der Waals surface area contributed by atoms with E-state index in [4.69, 9.17) is 0 Å². The predicted molar refractivity (Wildman–Crippen MR) is 78.2 cm³/mol. The Labute approximate surface area is 163 Å². The van der Waals surface area contributed by atoms with E-state index in [1.165, 1.54) is 25.7 Å². The van der Waals surface area contributed by atoms with Gasteiger partial charge in [0, 0.05) is 11.9 Å². The molecule has 0 atom stereocenters. The fourth-order valence-corrected chi connectivity index (χ4v) is 3.03. The van der Waals surface area contributed by atoms with Gasteiger partial charge in [-0.05, 0) is 37.5 Å². The molecule has 2 aliphatic rings. The number of carbonyl (C=O) groups is 2. The smallest absolute Gasteiger partial charge is 1.00 e. The number of hydrogen-bond acceptors (Lipinski definition) is 4. The van der Waals surface area contributed by atoms with Crippen LogP contribution in [0.15, 0.2) is 0 Å². The molecule has 0 aromatic rings. The van der Waals surface area contributed by atoms with Crippen molar-refractivity contribution in [2.75, 3.05) is 0 Å². The van der Waals surface area contributed by atoms with Gasteiger partial charge in [-0.1, -0.05) is 51.4 Å². The molecule has 0 amide bonds. The third-order valence-corrected chi connectivity index (χ3v) is 4.38. The Morgan fingerprint density at radius 1 is 0.591 bits per heavy atom. The number of carbonyl (C=O) groups excluding carboxylic acids is 2. The summed E-state index contributed by atoms with van der Waals surface area (Å²) in [7, 11) is 0. The largest absolute Gasteiger partial charge is 3.00 e. The van der Waals surface area contributed by atoms with Gasteiger partial charge in [-0.25, -0.2) is 0 Å². The molecule has 2 saturated carbocycles. The summed E-state index contributed by atoms with van der Waals surface area (Å²) in [6.07, 6.45) is 12.4. The van der Waals surface area contributed by atoms with Crippen LogP contribution in [0, 0.1) is 11.8 Å². The van der Waals surface area contributed by atoms with E-state index in [0.29, 0.717) is 0 Å². The van der Waals surface area contributed by atoms with E-state index in [0.717, 1.165) is 51.4 Å². The first kappa shape index (κ1) is 24.5. The van der Waals surface area contributed by atoms with E-state index < -0.39 is 11.9 Å². The van der Waals surface area contributed by atoms with Gasteiger partial charge in [-0.3, -0.25) is 0 Å². The van der Waals surface area contributed by atoms with Crippen molar-refractivity contribution in [3.63, 3.8) is 0 Å². The molecule has 0 aromatic heterocycles. The zero-order valence-electron chi connectivity index (χ0n) is 13.2. The van der Waals surface area contributed by atoms with Crippen LogP contribution in [0.25, 0.3) is 0 Å². The van der Waals surface area contributed by atoms with Crippen LogP contribution < -0.4 is 27.2 Å². The maximum Gasteiger partial charge on any atom is 3.00 e. The molecule has 22 heavy (non-hydrogen) atoms. The Morgan fingerprint density at radius 3 is 1.00 bits per heavy atom. The van der Waals surface area contributed by atoms with Crippen LogP contribution in [0.2, 0.25) is 0 Å². The van der Waals surface area contributed by atoms with Crippen LogP contribution in [0.5, 0.6) is 0 Å². The Morgan fingerprint density at radius 2 is 0.818 bits per heavy atom. The normalized spacial score (nSPS) is 20.0. The topological polar surface area (TPSA) is 80.3 Å². The SMILES string of the molecule is O=C([O-])C1CCCCCC1.O=C([O-])C1CCCCCC1.[Br-].[In+3]. The number of hydrogen-bond donors (Lipinski definition) is 0. The number of aliphatic carboxylic acids is 2. The van der Waals surface area contributed by atoms with Crippen LogP contribution in [0.1, 0.15) is 77.0 Å². The summed E-state index contributed by atoms with van der Waals surface area (Å²) in [4.78, 5) is 20.8. The molecule has 2 fully saturated rings. The number of halogens is 1. The number of carboxylic acid groups (broad SMARTS) is 2. The Hall–Kier alpha value is 0.290. The van der Waals surface area contributed by atoms with Crippen molar-refractivity contribution in [2.24, 2.45) is 11.8 Å². The summed E-state index contributed by atoms with van der Waals surface area (Å²) in [6.45, 7) is 0. The maximum atomic E-state index is 10.4. The van der Waals surface area contributed by atoms with E-state index in [1.54, 1.807) is 0 Å². The van der Waals surface area contributed by atoms with Crippen molar-refractivity contribution in [2.45, 2.75) is 77.0 Å². The molecule has 0 unspecified atom stereocenters. The summed E-state index contributed by atoms with van der Waals surface area (Å²) in [5, 5.41) is 20.8. The van der Waals surface area contributed by atoms with Crippen molar-refractivity contribution >= 4 is 37.8 Å². The summed E-state index contributed by atoms with van der Waals surface area (Å²) in [5.74, 6) is -1.99. The van der Waals surface area contributed by atoms with Crippen LogP contribution in [0.3, 0.4) is 0 Å². The molecular formula is C16H26BrInO4. The van der Waals surface area contributed by atoms with Gasteiger partial charge in [-0.15, -0.1) is 0 Å². The fraction of sp³-hybridized carbons (Fsp3) is 0.875. The van der Waals surface area contributed by atoms with Gasteiger partial charge in [-0.2, -0.15) is 0 Å². The molecule has 0 bridgehead atoms.